The Labute approximate surface area is 100 Å². The lowest BCUT2D eigenvalue weighted by Crippen LogP contribution is -2.17. The molecule has 2 rings (SSSR count). The maximum atomic E-state index is 5.98. The van der Waals surface area contributed by atoms with Gasteiger partial charge in [0.25, 0.3) is 0 Å². The fourth-order valence-electron chi connectivity index (χ4n) is 1.71. The lowest BCUT2D eigenvalue weighted by Gasteiger charge is -2.20. The number of hydrogen-bond acceptors (Lipinski definition) is 3. The SMILES string of the molecule is Cc1ccc(N)c(N(C)Cc2cccs2)c1. The van der Waals surface area contributed by atoms with Gasteiger partial charge in [0.15, 0.2) is 0 Å². The van der Waals surface area contributed by atoms with Crippen molar-refractivity contribution in [1.29, 1.82) is 0 Å². The van der Waals surface area contributed by atoms with Gasteiger partial charge in [0.2, 0.25) is 0 Å². The molecular formula is C13H16N2S. The van der Waals surface area contributed by atoms with Gasteiger partial charge in [-0.1, -0.05) is 12.1 Å². The van der Waals surface area contributed by atoms with Crippen LogP contribution in [0, 0.1) is 6.92 Å². The molecular weight excluding hydrogens is 216 g/mol. The molecule has 1 aromatic carbocycles. The Bertz CT molecular complexity index is 463. The largest absolute Gasteiger partial charge is 0.397 e. The predicted octanol–water partition coefficient (Wildman–Crippen LogP) is 3.28. The zero-order valence-corrected chi connectivity index (χ0v) is 10.4. The Balaban J connectivity index is 2.20. The second kappa shape index (κ2) is 4.58. The predicted molar refractivity (Wildman–Crippen MR) is 72.0 cm³/mol. The molecule has 0 aliphatic carbocycles. The average Bonchev–Trinajstić information content (AvgIpc) is 2.74. The summed E-state index contributed by atoms with van der Waals surface area (Å²) in [5.74, 6) is 0. The second-order valence-corrected chi connectivity index (χ2v) is 5.03. The smallest absolute Gasteiger partial charge is 0.0603 e. The first-order valence-electron chi connectivity index (χ1n) is 5.26. The van der Waals surface area contributed by atoms with Crippen molar-refractivity contribution >= 4 is 22.7 Å². The molecule has 0 amide bonds. The van der Waals surface area contributed by atoms with Gasteiger partial charge >= 0.3 is 0 Å². The monoisotopic (exact) mass is 232 g/mol. The van der Waals surface area contributed by atoms with Crippen LogP contribution in [-0.4, -0.2) is 7.05 Å². The Kier molecular flexibility index (Phi) is 3.15. The summed E-state index contributed by atoms with van der Waals surface area (Å²) in [6.45, 7) is 2.99. The van der Waals surface area contributed by atoms with Crippen molar-refractivity contribution in [3.05, 3.63) is 46.2 Å². The summed E-state index contributed by atoms with van der Waals surface area (Å²) < 4.78 is 0. The molecule has 2 N–H and O–H groups in total. The molecule has 2 nitrogen and oxygen atoms in total. The molecule has 0 saturated heterocycles. The van der Waals surface area contributed by atoms with E-state index in [0.29, 0.717) is 0 Å². The molecule has 0 spiro atoms. The Morgan fingerprint density at radius 1 is 1.31 bits per heavy atom. The van der Waals surface area contributed by atoms with Crippen LogP contribution in [0.25, 0.3) is 0 Å². The van der Waals surface area contributed by atoms with Crippen LogP contribution in [0.1, 0.15) is 10.4 Å². The van der Waals surface area contributed by atoms with Crippen LogP contribution in [0.4, 0.5) is 11.4 Å². The molecule has 0 atom stereocenters. The van der Waals surface area contributed by atoms with Crippen molar-refractivity contribution in [3.8, 4) is 0 Å². The summed E-state index contributed by atoms with van der Waals surface area (Å²) in [4.78, 5) is 3.54. The minimum atomic E-state index is 0.838. The number of nitrogens with two attached hydrogens (primary N) is 1. The summed E-state index contributed by atoms with van der Waals surface area (Å²) >= 11 is 1.77. The Morgan fingerprint density at radius 3 is 2.81 bits per heavy atom. The van der Waals surface area contributed by atoms with Gasteiger partial charge in [-0.25, -0.2) is 0 Å². The minimum absolute atomic E-state index is 0.838. The lowest BCUT2D eigenvalue weighted by atomic mass is 10.2. The quantitative estimate of drug-likeness (QED) is 0.823. The van der Waals surface area contributed by atoms with Crippen molar-refractivity contribution in [1.82, 2.24) is 0 Å². The molecule has 0 aliphatic heterocycles. The summed E-state index contributed by atoms with van der Waals surface area (Å²) in [7, 11) is 2.07. The van der Waals surface area contributed by atoms with Crippen LogP contribution in [0.5, 0.6) is 0 Å². The number of nitrogens with zero attached hydrogens (tertiary/aromatic N) is 1. The van der Waals surface area contributed by atoms with Crippen LogP contribution in [0.3, 0.4) is 0 Å². The first-order chi connectivity index (χ1) is 7.66. The number of anilines is 2. The molecule has 2 aromatic rings. The van der Waals surface area contributed by atoms with Crippen molar-refractivity contribution in [2.75, 3.05) is 17.7 Å². The van der Waals surface area contributed by atoms with Crippen molar-refractivity contribution in [2.24, 2.45) is 0 Å². The van der Waals surface area contributed by atoms with E-state index in [2.05, 4.69) is 42.5 Å². The number of nitrogen functional groups attached to an aromatic ring is 1. The van der Waals surface area contributed by atoms with Crippen LogP contribution < -0.4 is 10.6 Å². The molecule has 1 aromatic heterocycles. The summed E-state index contributed by atoms with van der Waals surface area (Å²) in [5, 5.41) is 2.10. The summed E-state index contributed by atoms with van der Waals surface area (Å²) in [6, 6.07) is 10.4. The Morgan fingerprint density at radius 2 is 2.12 bits per heavy atom. The maximum absolute atomic E-state index is 5.98. The van der Waals surface area contributed by atoms with Gasteiger partial charge in [-0.2, -0.15) is 0 Å². The molecule has 0 fully saturated rings. The van der Waals surface area contributed by atoms with Crippen LogP contribution in [0.15, 0.2) is 35.7 Å². The normalized spacial score (nSPS) is 10.4. The highest BCUT2D eigenvalue weighted by Gasteiger charge is 2.06. The molecule has 0 saturated carbocycles. The van der Waals surface area contributed by atoms with Crippen LogP contribution in [-0.2, 0) is 6.54 Å². The molecule has 0 aliphatic rings. The first-order valence-corrected chi connectivity index (χ1v) is 6.14. The molecule has 3 heteroatoms. The highest BCUT2D eigenvalue weighted by molar-refractivity contribution is 7.09. The fourth-order valence-corrected chi connectivity index (χ4v) is 2.46. The standard InChI is InChI=1S/C13H16N2S/c1-10-5-6-12(14)13(8-10)15(2)9-11-4-3-7-16-11/h3-8H,9,14H2,1-2H3. The third-order valence-electron chi connectivity index (χ3n) is 2.57. The zero-order chi connectivity index (χ0) is 11.5. The van der Waals surface area contributed by atoms with Crippen LogP contribution >= 0.6 is 11.3 Å². The highest BCUT2D eigenvalue weighted by Crippen LogP contribution is 2.25. The van der Waals surface area contributed by atoms with E-state index in [4.69, 9.17) is 5.73 Å². The molecule has 1 heterocycles. The fraction of sp³-hybridized carbons (Fsp3) is 0.231. The third-order valence-corrected chi connectivity index (χ3v) is 3.43. The van der Waals surface area contributed by atoms with Crippen molar-refractivity contribution in [2.45, 2.75) is 13.5 Å². The van der Waals surface area contributed by atoms with Gasteiger partial charge < -0.3 is 10.6 Å². The van der Waals surface area contributed by atoms with E-state index in [-0.39, 0.29) is 0 Å². The number of aryl methyl sites for hydroxylation is 1. The van der Waals surface area contributed by atoms with Gasteiger partial charge in [-0.15, -0.1) is 11.3 Å². The molecule has 0 radical (unpaired) electrons. The number of hydrogen-bond donors (Lipinski definition) is 1. The topological polar surface area (TPSA) is 29.3 Å². The summed E-state index contributed by atoms with van der Waals surface area (Å²) in [5.41, 5.74) is 9.16. The number of benzene rings is 1. The van der Waals surface area contributed by atoms with E-state index in [1.807, 2.05) is 12.1 Å². The molecule has 84 valence electrons. The maximum Gasteiger partial charge on any atom is 0.0603 e. The average molecular weight is 232 g/mol. The molecule has 0 bridgehead atoms. The van der Waals surface area contributed by atoms with Gasteiger partial charge in [0, 0.05) is 11.9 Å². The second-order valence-electron chi connectivity index (χ2n) is 4.00. The van der Waals surface area contributed by atoms with E-state index in [0.717, 1.165) is 17.9 Å². The van der Waals surface area contributed by atoms with Crippen molar-refractivity contribution in [3.63, 3.8) is 0 Å². The molecule has 16 heavy (non-hydrogen) atoms. The van der Waals surface area contributed by atoms with E-state index in [1.54, 1.807) is 11.3 Å². The summed E-state index contributed by atoms with van der Waals surface area (Å²) in [6.07, 6.45) is 0. The lowest BCUT2D eigenvalue weighted by molar-refractivity contribution is 0.941. The van der Waals surface area contributed by atoms with Gasteiger partial charge in [0.1, 0.15) is 0 Å². The van der Waals surface area contributed by atoms with E-state index >= 15 is 0 Å². The van der Waals surface area contributed by atoms with Gasteiger partial charge in [-0.3, -0.25) is 0 Å². The van der Waals surface area contributed by atoms with Crippen LogP contribution in [0.2, 0.25) is 0 Å². The van der Waals surface area contributed by atoms with Gasteiger partial charge in [-0.05, 0) is 36.1 Å². The van der Waals surface area contributed by atoms with Gasteiger partial charge in [0.05, 0.1) is 17.9 Å². The van der Waals surface area contributed by atoms with E-state index in [9.17, 15) is 0 Å². The number of thiophene rings is 1. The van der Waals surface area contributed by atoms with E-state index in [1.165, 1.54) is 10.4 Å². The third kappa shape index (κ3) is 2.36. The molecule has 0 unspecified atom stereocenters. The zero-order valence-electron chi connectivity index (χ0n) is 9.60. The number of rotatable bonds is 3. The first kappa shape index (κ1) is 11.0. The highest BCUT2D eigenvalue weighted by atomic mass is 32.1. The van der Waals surface area contributed by atoms with Crippen molar-refractivity contribution < 1.29 is 0 Å². The minimum Gasteiger partial charge on any atom is -0.397 e. The van der Waals surface area contributed by atoms with E-state index < -0.39 is 0 Å². The Hall–Kier alpha value is -1.48.